The van der Waals surface area contributed by atoms with Gasteiger partial charge in [-0.15, -0.1) is 0 Å². The molecule has 2 aromatic rings. The van der Waals surface area contributed by atoms with Crippen molar-refractivity contribution in [2.24, 2.45) is 0 Å². The van der Waals surface area contributed by atoms with Crippen LogP contribution in [0.2, 0.25) is 0 Å². The minimum Gasteiger partial charge on any atom is -0.390 e. The monoisotopic (exact) mass is 338 g/mol. The molecule has 2 heterocycles. The van der Waals surface area contributed by atoms with Crippen LogP contribution in [0.4, 0.5) is 11.8 Å². The number of hydrogen-bond acceptors (Lipinski definition) is 7. The van der Waals surface area contributed by atoms with Crippen LogP contribution >= 0.6 is 0 Å². The van der Waals surface area contributed by atoms with Gasteiger partial charge in [-0.25, -0.2) is 4.98 Å². The van der Waals surface area contributed by atoms with Gasteiger partial charge in [-0.2, -0.15) is 10.2 Å². The molecule has 130 valence electrons. The molecule has 25 heavy (non-hydrogen) atoms. The van der Waals surface area contributed by atoms with E-state index in [9.17, 15) is 5.11 Å². The zero-order chi connectivity index (χ0) is 17.8. The SMILES string of the molecule is Cc1cc(N2CCN(Cc3cccc(C#N)c3)CC(O)C2)nc(N)n1. The number of nitriles is 1. The first-order chi connectivity index (χ1) is 12.0. The largest absolute Gasteiger partial charge is 0.390 e. The van der Waals surface area contributed by atoms with Gasteiger partial charge in [0.2, 0.25) is 5.95 Å². The summed E-state index contributed by atoms with van der Waals surface area (Å²) in [4.78, 5) is 12.6. The second-order valence-corrected chi connectivity index (χ2v) is 6.37. The minimum absolute atomic E-state index is 0.249. The molecule has 3 N–H and O–H groups in total. The molecule has 7 heteroatoms. The van der Waals surface area contributed by atoms with Gasteiger partial charge in [-0.1, -0.05) is 12.1 Å². The van der Waals surface area contributed by atoms with Gasteiger partial charge in [0, 0.05) is 44.5 Å². The van der Waals surface area contributed by atoms with E-state index in [1.54, 1.807) is 6.07 Å². The zero-order valence-electron chi connectivity index (χ0n) is 14.3. The van der Waals surface area contributed by atoms with Crippen LogP contribution < -0.4 is 10.6 Å². The number of aliphatic hydroxyl groups is 1. The average molecular weight is 338 g/mol. The number of nitrogens with two attached hydrogens (primary N) is 1. The molecule has 0 bridgehead atoms. The summed E-state index contributed by atoms with van der Waals surface area (Å²) >= 11 is 0. The number of aliphatic hydroxyl groups excluding tert-OH is 1. The minimum atomic E-state index is -0.488. The van der Waals surface area contributed by atoms with E-state index in [0.29, 0.717) is 25.2 Å². The van der Waals surface area contributed by atoms with Crippen LogP contribution in [-0.2, 0) is 6.54 Å². The van der Waals surface area contributed by atoms with E-state index in [2.05, 4.69) is 20.9 Å². The molecule has 1 unspecified atom stereocenters. The van der Waals surface area contributed by atoms with Crippen molar-refractivity contribution in [1.29, 1.82) is 5.26 Å². The summed E-state index contributed by atoms with van der Waals surface area (Å²) < 4.78 is 0. The fourth-order valence-corrected chi connectivity index (χ4v) is 3.14. The van der Waals surface area contributed by atoms with E-state index < -0.39 is 6.10 Å². The lowest BCUT2D eigenvalue weighted by atomic mass is 10.1. The number of nitrogen functional groups attached to an aromatic ring is 1. The Kier molecular flexibility index (Phi) is 5.12. The Morgan fingerprint density at radius 2 is 2.12 bits per heavy atom. The molecular formula is C18H22N6O. The first-order valence-corrected chi connectivity index (χ1v) is 8.29. The van der Waals surface area contributed by atoms with E-state index in [1.807, 2.05) is 36.1 Å². The van der Waals surface area contributed by atoms with Crippen LogP contribution in [0.5, 0.6) is 0 Å². The van der Waals surface area contributed by atoms with E-state index in [4.69, 9.17) is 11.0 Å². The van der Waals surface area contributed by atoms with Gasteiger partial charge in [-0.05, 0) is 24.6 Å². The Bertz CT molecular complexity index is 767. The highest BCUT2D eigenvalue weighted by Crippen LogP contribution is 2.17. The lowest BCUT2D eigenvalue weighted by molar-refractivity contribution is 0.129. The Hall–Kier alpha value is -2.69. The molecule has 0 aliphatic carbocycles. The van der Waals surface area contributed by atoms with Gasteiger partial charge in [0.25, 0.3) is 0 Å². The van der Waals surface area contributed by atoms with E-state index in [0.717, 1.165) is 30.2 Å². The maximum Gasteiger partial charge on any atom is 0.222 e. The Morgan fingerprint density at radius 3 is 2.88 bits per heavy atom. The van der Waals surface area contributed by atoms with Gasteiger partial charge in [-0.3, -0.25) is 4.90 Å². The summed E-state index contributed by atoms with van der Waals surface area (Å²) in [5.74, 6) is 0.997. The van der Waals surface area contributed by atoms with Crippen molar-refractivity contribution in [3.63, 3.8) is 0 Å². The molecule has 0 saturated carbocycles. The van der Waals surface area contributed by atoms with E-state index in [1.165, 1.54) is 0 Å². The summed E-state index contributed by atoms with van der Waals surface area (Å²) in [5, 5.41) is 19.4. The van der Waals surface area contributed by atoms with Crippen molar-refractivity contribution in [3.05, 3.63) is 47.2 Å². The number of aryl methyl sites for hydroxylation is 1. The molecule has 0 amide bonds. The molecule has 1 atom stereocenters. The third-order valence-corrected chi connectivity index (χ3v) is 4.23. The lowest BCUT2D eigenvalue weighted by Crippen LogP contribution is -2.33. The third-order valence-electron chi connectivity index (χ3n) is 4.23. The smallest absolute Gasteiger partial charge is 0.222 e. The second-order valence-electron chi connectivity index (χ2n) is 6.37. The lowest BCUT2D eigenvalue weighted by Gasteiger charge is -2.23. The maximum atomic E-state index is 10.4. The predicted octanol–water partition coefficient (Wildman–Crippen LogP) is 0.922. The molecule has 1 fully saturated rings. The quantitative estimate of drug-likeness (QED) is 0.858. The topological polar surface area (TPSA) is 102 Å². The van der Waals surface area contributed by atoms with E-state index in [-0.39, 0.29) is 5.95 Å². The molecule has 1 aromatic heterocycles. The number of benzene rings is 1. The first-order valence-electron chi connectivity index (χ1n) is 8.29. The Labute approximate surface area is 147 Å². The van der Waals surface area contributed by atoms with Crippen LogP contribution in [0, 0.1) is 18.3 Å². The highest BCUT2D eigenvalue weighted by Gasteiger charge is 2.22. The zero-order valence-corrected chi connectivity index (χ0v) is 14.3. The van der Waals surface area contributed by atoms with Crippen molar-refractivity contribution < 1.29 is 5.11 Å². The number of aromatic nitrogens is 2. The van der Waals surface area contributed by atoms with Crippen LogP contribution in [0.3, 0.4) is 0 Å². The summed E-state index contributed by atoms with van der Waals surface area (Å²) in [5.41, 5.74) is 8.29. The summed E-state index contributed by atoms with van der Waals surface area (Å²) in [7, 11) is 0. The molecular weight excluding hydrogens is 316 g/mol. The molecule has 1 saturated heterocycles. The average Bonchev–Trinajstić information content (AvgIpc) is 2.75. The number of nitrogens with zero attached hydrogens (tertiary/aromatic N) is 5. The van der Waals surface area contributed by atoms with Gasteiger partial charge < -0.3 is 15.7 Å². The van der Waals surface area contributed by atoms with Crippen molar-refractivity contribution in [2.45, 2.75) is 19.6 Å². The van der Waals surface area contributed by atoms with Gasteiger partial charge in [0.05, 0.1) is 17.7 Å². The second kappa shape index (κ2) is 7.47. The van der Waals surface area contributed by atoms with Crippen LogP contribution in [0.1, 0.15) is 16.8 Å². The van der Waals surface area contributed by atoms with Crippen LogP contribution in [0.25, 0.3) is 0 Å². The molecule has 1 aliphatic heterocycles. The highest BCUT2D eigenvalue weighted by molar-refractivity contribution is 5.43. The molecule has 0 radical (unpaired) electrons. The number of hydrogen-bond donors (Lipinski definition) is 2. The third kappa shape index (κ3) is 4.44. The van der Waals surface area contributed by atoms with Crippen molar-refractivity contribution in [2.75, 3.05) is 36.8 Å². The molecule has 3 rings (SSSR count). The number of rotatable bonds is 3. The van der Waals surface area contributed by atoms with E-state index >= 15 is 0 Å². The molecule has 1 aliphatic rings. The highest BCUT2D eigenvalue weighted by atomic mass is 16.3. The summed E-state index contributed by atoms with van der Waals surface area (Å²) in [6.07, 6.45) is -0.488. The molecule has 1 aromatic carbocycles. The van der Waals surface area contributed by atoms with Crippen molar-refractivity contribution in [1.82, 2.24) is 14.9 Å². The van der Waals surface area contributed by atoms with Gasteiger partial charge >= 0.3 is 0 Å². The van der Waals surface area contributed by atoms with Crippen molar-refractivity contribution >= 4 is 11.8 Å². The fraction of sp³-hybridized carbons (Fsp3) is 0.389. The van der Waals surface area contributed by atoms with Crippen LogP contribution in [-0.4, -0.2) is 52.3 Å². The normalized spacial score (nSPS) is 18.6. The maximum absolute atomic E-state index is 10.4. The van der Waals surface area contributed by atoms with Gasteiger partial charge in [0.15, 0.2) is 0 Å². The number of anilines is 2. The number of β-amino-alcohol motifs (C(OH)–C–C–N with tert-alkyl or cyclic N) is 1. The standard InChI is InChI=1S/C18H22N6O/c1-13-7-17(22-18(20)21-13)24-6-5-23(11-16(25)12-24)10-15-4-2-3-14(8-15)9-19/h2-4,7-8,16,25H,5-6,10-12H2,1H3,(H2,20,21,22). The molecule has 0 spiro atoms. The summed E-state index contributed by atoms with van der Waals surface area (Å²) in [6.45, 7) is 5.19. The van der Waals surface area contributed by atoms with Gasteiger partial charge in [0.1, 0.15) is 5.82 Å². The Morgan fingerprint density at radius 1 is 1.28 bits per heavy atom. The van der Waals surface area contributed by atoms with Crippen molar-refractivity contribution in [3.8, 4) is 6.07 Å². The summed E-state index contributed by atoms with van der Waals surface area (Å²) in [6, 6.07) is 11.6. The first kappa shape index (κ1) is 17.1. The van der Waals surface area contributed by atoms with Crippen LogP contribution in [0.15, 0.2) is 30.3 Å². The predicted molar refractivity (Wildman–Crippen MR) is 95.8 cm³/mol. The fourth-order valence-electron chi connectivity index (χ4n) is 3.14. The Balaban J connectivity index is 1.71. The molecule has 7 nitrogen and oxygen atoms in total.